The molecule has 102 valence electrons. The second-order valence-electron chi connectivity index (χ2n) is 4.93. The molecule has 0 aromatic rings. The summed E-state index contributed by atoms with van der Waals surface area (Å²) in [5.74, 6) is -0.748. The number of rotatable bonds is 9. The molecule has 0 aliphatic rings. The van der Waals surface area contributed by atoms with Crippen LogP contribution < -0.4 is 5.32 Å². The van der Waals surface area contributed by atoms with Crippen LogP contribution in [0.15, 0.2) is 0 Å². The smallest absolute Gasteiger partial charge is 0.323 e. The minimum Gasteiger partial charge on any atom is -0.480 e. The van der Waals surface area contributed by atoms with Gasteiger partial charge in [-0.3, -0.25) is 4.79 Å². The van der Waals surface area contributed by atoms with Crippen molar-refractivity contribution in [2.75, 3.05) is 6.54 Å². The van der Waals surface area contributed by atoms with E-state index in [0.717, 1.165) is 19.4 Å². The Morgan fingerprint density at radius 2 is 1.94 bits per heavy atom. The fourth-order valence-electron chi connectivity index (χ4n) is 1.75. The summed E-state index contributed by atoms with van der Waals surface area (Å²) in [5, 5.41) is 13.4. The van der Waals surface area contributed by atoms with Crippen LogP contribution >= 0.6 is 11.8 Å². The van der Waals surface area contributed by atoms with E-state index in [4.69, 9.17) is 0 Å². The number of hydrogen-bond acceptors (Lipinski definition) is 3. The van der Waals surface area contributed by atoms with Gasteiger partial charge in [0, 0.05) is 10.5 Å². The summed E-state index contributed by atoms with van der Waals surface area (Å²) in [6.07, 6.45) is 2.74. The Kier molecular flexibility index (Phi) is 7.88. The van der Waals surface area contributed by atoms with Gasteiger partial charge in [0.15, 0.2) is 0 Å². The lowest BCUT2D eigenvalue weighted by molar-refractivity contribution is -0.144. The number of carboxylic acids is 1. The standard InChI is InChI=1S/C13H27NO2S/c1-6-8-14-13(5,12(15)16)9-11(4)17-10(3)7-2/h10-11,14H,6-9H2,1-5H3,(H,15,16). The third-order valence-corrected chi connectivity index (χ3v) is 4.40. The Bertz CT molecular complexity index is 235. The topological polar surface area (TPSA) is 49.3 Å². The molecule has 0 aromatic heterocycles. The average molecular weight is 261 g/mol. The maximum absolute atomic E-state index is 11.3. The summed E-state index contributed by atoms with van der Waals surface area (Å²) in [7, 11) is 0. The van der Waals surface area contributed by atoms with E-state index < -0.39 is 11.5 Å². The molecule has 0 bridgehead atoms. The van der Waals surface area contributed by atoms with Crippen LogP contribution in [-0.4, -0.2) is 33.7 Å². The quantitative estimate of drug-likeness (QED) is 0.669. The minimum absolute atomic E-state index is 0.357. The van der Waals surface area contributed by atoms with Crippen molar-refractivity contribution < 1.29 is 9.90 Å². The number of hydrogen-bond donors (Lipinski definition) is 2. The predicted octanol–water partition coefficient (Wildman–Crippen LogP) is 3.14. The number of nitrogens with one attached hydrogen (secondary N) is 1. The molecule has 0 radical (unpaired) electrons. The molecule has 0 saturated heterocycles. The zero-order valence-corrected chi connectivity index (χ0v) is 12.6. The first-order valence-electron chi connectivity index (χ1n) is 6.49. The van der Waals surface area contributed by atoms with Crippen molar-refractivity contribution >= 4 is 17.7 Å². The molecule has 3 nitrogen and oxygen atoms in total. The van der Waals surface area contributed by atoms with E-state index >= 15 is 0 Å². The van der Waals surface area contributed by atoms with Gasteiger partial charge in [-0.25, -0.2) is 0 Å². The van der Waals surface area contributed by atoms with Gasteiger partial charge in [0.25, 0.3) is 0 Å². The first kappa shape index (κ1) is 16.8. The molecule has 17 heavy (non-hydrogen) atoms. The van der Waals surface area contributed by atoms with Crippen molar-refractivity contribution in [1.82, 2.24) is 5.32 Å². The van der Waals surface area contributed by atoms with Gasteiger partial charge in [0.1, 0.15) is 5.54 Å². The molecule has 0 saturated carbocycles. The van der Waals surface area contributed by atoms with E-state index in [1.165, 1.54) is 0 Å². The highest BCUT2D eigenvalue weighted by Gasteiger charge is 2.34. The third-order valence-electron chi connectivity index (χ3n) is 2.97. The summed E-state index contributed by atoms with van der Waals surface area (Å²) < 4.78 is 0. The monoisotopic (exact) mass is 261 g/mol. The van der Waals surface area contributed by atoms with E-state index in [1.54, 1.807) is 6.92 Å². The summed E-state index contributed by atoms with van der Waals surface area (Å²) in [6, 6.07) is 0. The molecule has 0 aliphatic heterocycles. The second-order valence-corrected chi connectivity index (χ2v) is 6.82. The largest absolute Gasteiger partial charge is 0.480 e. The lowest BCUT2D eigenvalue weighted by atomic mass is 9.96. The molecule has 3 unspecified atom stereocenters. The molecule has 0 amide bonds. The second kappa shape index (κ2) is 7.98. The highest BCUT2D eigenvalue weighted by atomic mass is 32.2. The molecule has 0 heterocycles. The summed E-state index contributed by atoms with van der Waals surface area (Å²) >= 11 is 1.87. The fraction of sp³-hybridized carbons (Fsp3) is 0.923. The van der Waals surface area contributed by atoms with Crippen molar-refractivity contribution in [3.05, 3.63) is 0 Å². The summed E-state index contributed by atoms with van der Waals surface area (Å²) in [4.78, 5) is 11.3. The van der Waals surface area contributed by atoms with Gasteiger partial charge < -0.3 is 10.4 Å². The molecule has 4 heteroatoms. The van der Waals surface area contributed by atoms with Crippen LogP contribution in [0, 0.1) is 0 Å². The van der Waals surface area contributed by atoms with Gasteiger partial charge in [0.05, 0.1) is 0 Å². The molecular formula is C13H27NO2S. The number of aliphatic carboxylic acids is 1. The minimum atomic E-state index is -0.796. The highest BCUT2D eigenvalue weighted by molar-refractivity contribution is 8.00. The van der Waals surface area contributed by atoms with E-state index in [1.807, 2.05) is 18.7 Å². The van der Waals surface area contributed by atoms with Gasteiger partial charge in [0.2, 0.25) is 0 Å². The Morgan fingerprint density at radius 3 is 2.35 bits per heavy atom. The lowest BCUT2D eigenvalue weighted by Gasteiger charge is -2.30. The third kappa shape index (κ3) is 6.32. The normalized spacial score (nSPS) is 18.4. The van der Waals surface area contributed by atoms with Crippen LogP contribution in [0.25, 0.3) is 0 Å². The van der Waals surface area contributed by atoms with Crippen molar-refractivity contribution in [3.8, 4) is 0 Å². The number of thioether (sulfide) groups is 1. The first-order valence-corrected chi connectivity index (χ1v) is 7.43. The van der Waals surface area contributed by atoms with Gasteiger partial charge in [-0.05, 0) is 32.7 Å². The number of carbonyl (C=O) groups is 1. The zero-order chi connectivity index (χ0) is 13.5. The first-order chi connectivity index (χ1) is 7.85. The molecule has 0 spiro atoms. The van der Waals surface area contributed by atoms with Crippen LogP contribution in [-0.2, 0) is 4.79 Å². The SMILES string of the molecule is CCCNC(C)(CC(C)SC(C)CC)C(=O)O. The van der Waals surface area contributed by atoms with E-state index in [-0.39, 0.29) is 0 Å². The lowest BCUT2D eigenvalue weighted by Crippen LogP contribution is -2.51. The molecule has 0 rings (SSSR count). The molecule has 0 aromatic carbocycles. The predicted molar refractivity (Wildman–Crippen MR) is 75.8 cm³/mol. The van der Waals surface area contributed by atoms with Crippen LogP contribution in [0.3, 0.4) is 0 Å². The Balaban J connectivity index is 4.37. The van der Waals surface area contributed by atoms with Crippen molar-refractivity contribution in [2.45, 2.75) is 69.9 Å². The maximum atomic E-state index is 11.3. The Morgan fingerprint density at radius 1 is 1.35 bits per heavy atom. The molecule has 2 N–H and O–H groups in total. The Labute approximate surface area is 110 Å². The van der Waals surface area contributed by atoms with Crippen molar-refractivity contribution in [3.63, 3.8) is 0 Å². The molecule has 0 aliphatic carbocycles. The van der Waals surface area contributed by atoms with Crippen LogP contribution in [0.5, 0.6) is 0 Å². The molecule has 3 atom stereocenters. The number of carboxylic acid groups (broad SMARTS) is 1. The summed E-state index contributed by atoms with van der Waals surface area (Å²) in [5.41, 5.74) is -0.796. The van der Waals surface area contributed by atoms with E-state index in [2.05, 4.69) is 26.1 Å². The van der Waals surface area contributed by atoms with Gasteiger partial charge >= 0.3 is 5.97 Å². The van der Waals surface area contributed by atoms with Gasteiger partial charge in [-0.1, -0.05) is 27.7 Å². The fourth-order valence-corrected chi connectivity index (χ4v) is 3.17. The van der Waals surface area contributed by atoms with Crippen LogP contribution in [0.4, 0.5) is 0 Å². The Hall–Kier alpha value is -0.220. The van der Waals surface area contributed by atoms with Crippen LogP contribution in [0.2, 0.25) is 0 Å². The molecule has 0 fully saturated rings. The molecular weight excluding hydrogens is 234 g/mol. The van der Waals surface area contributed by atoms with Gasteiger partial charge in [-0.15, -0.1) is 0 Å². The average Bonchev–Trinajstić information content (AvgIpc) is 2.25. The van der Waals surface area contributed by atoms with Gasteiger partial charge in [-0.2, -0.15) is 11.8 Å². The van der Waals surface area contributed by atoms with Crippen molar-refractivity contribution in [2.24, 2.45) is 0 Å². The van der Waals surface area contributed by atoms with E-state index in [0.29, 0.717) is 16.9 Å². The van der Waals surface area contributed by atoms with E-state index in [9.17, 15) is 9.90 Å². The summed E-state index contributed by atoms with van der Waals surface area (Å²) in [6.45, 7) is 11.1. The zero-order valence-electron chi connectivity index (χ0n) is 11.7. The highest BCUT2D eigenvalue weighted by Crippen LogP contribution is 2.27. The van der Waals surface area contributed by atoms with Crippen molar-refractivity contribution in [1.29, 1.82) is 0 Å². The van der Waals surface area contributed by atoms with Crippen LogP contribution in [0.1, 0.15) is 53.9 Å². The maximum Gasteiger partial charge on any atom is 0.323 e.